The van der Waals surface area contributed by atoms with Crippen LogP contribution in [0.1, 0.15) is 64.7 Å². The van der Waals surface area contributed by atoms with Crippen molar-refractivity contribution in [2.45, 2.75) is 76.9 Å². The highest BCUT2D eigenvalue weighted by Crippen LogP contribution is 2.22. The first-order valence-corrected chi connectivity index (χ1v) is 8.07. The summed E-state index contributed by atoms with van der Waals surface area (Å²) in [5.74, 6) is 0.405. The molecule has 2 heterocycles. The van der Waals surface area contributed by atoms with Crippen molar-refractivity contribution in [3.63, 3.8) is 0 Å². The van der Waals surface area contributed by atoms with Crippen LogP contribution in [0.5, 0.6) is 0 Å². The third-order valence-corrected chi connectivity index (χ3v) is 4.42. The van der Waals surface area contributed by atoms with Gasteiger partial charge in [0.1, 0.15) is 5.78 Å². The molecule has 0 aliphatic carbocycles. The van der Waals surface area contributed by atoms with Crippen molar-refractivity contribution in [3.8, 4) is 0 Å². The predicted octanol–water partition coefficient (Wildman–Crippen LogP) is 2.70. The molecule has 0 aromatic heterocycles. The molecule has 2 unspecified atom stereocenters. The van der Waals surface area contributed by atoms with Gasteiger partial charge in [0.15, 0.2) is 0 Å². The van der Waals surface area contributed by atoms with Crippen molar-refractivity contribution < 1.29 is 14.3 Å². The molecule has 0 aromatic carbocycles. The number of hydrogen-bond acceptors (Lipinski definition) is 3. The molecule has 2 rings (SSSR count). The second-order valence-corrected chi connectivity index (χ2v) is 6.17. The molecule has 114 valence electrons. The zero-order valence-corrected chi connectivity index (χ0v) is 12.6. The van der Waals surface area contributed by atoms with E-state index in [0.29, 0.717) is 12.8 Å². The Morgan fingerprint density at radius 1 is 1.15 bits per heavy atom. The fourth-order valence-electron chi connectivity index (χ4n) is 3.35. The highest BCUT2D eigenvalue weighted by atomic mass is 16.5. The molecular formula is C16H27NO3. The third-order valence-electron chi connectivity index (χ3n) is 4.42. The Hall–Kier alpha value is -0.900. The van der Waals surface area contributed by atoms with Crippen LogP contribution in [0.3, 0.4) is 0 Å². The number of rotatable bonds is 5. The van der Waals surface area contributed by atoms with Crippen LogP contribution < -0.4 is 0 Å². The molecule has 0 spiro atoms. The molecule has 0 N–H and O–H groups in total. The van der Waals surface area contributed by atoms with E-state index in [1.54, 1.807) is 6.92 Å². The van der Waals surface area contributed by atoms with Crippen LogP contribution in [0.4, 0.5) is 0 Å². The smallest absolute Gasteiger partial charge is 0.222 e. The summed E-state index contributed by atoms with van der Waals surface area (Å²) in [6, 6.07) is 0.131. The molecule has 4 heteroatoms. The lowest BCUT2D eigenvalue weighted by atomic mass is 10.0. The van der Waals surface area contributed by atoms with Crippen LogP contribution in [0.25, 0.3) is 0 Å². The lowest BCUT2D eigenvalue weighted by molar-refractivity contribution is -0.135. The molecule has 1 amide bonds. The monoisotopic (exact) mass is 281 g/mol. The van der Waals surface area contributed by atoms with Gasteiger partial charge in [-0.1, -0.05) is 12.8 Å². The Bertz CT molecular complexity index is 337. The summed E-state index contributed by atoms with van der Waals surface area (Å²) in [5, 5.41) is 0. The summed E-state index contributed by atoms with van der Waals surface area (Å²) in [5.41, 5.74) is 0. The van der Waals surface area contributed by atoms with Gasteiger partial charge in [-0.25, -0.2) is 0 Å². The molecule has 20 heavy (non-hydrogen) atoms. The maximum atomic E-state index is 12.5. The van der Waals surface area contributed by atoms with Gasteiger partial charge in [-0.2, -0.15) is 0 Å². The third kappa shape index (κ3) is 4.58. The van der Waals surface area contributed by atoms with Gasteiger partial charge in [0, 0.05) is 32.0 Å². The number of likely N-dealkylation sites (tertiary alicyclic amines) is 1. The summed E-state index contributed by atoms with van der Waals surface area (Å²) in [4.78, 5) is 25.8. The summed E-state index contributed by atoms with van der Waals surface area (Å²) in [6.45, 7) is 3.29. The van der Waals surface area contributed by atoms with Crippen molar-refractivity contribution >= 4 is 11.7 Å². The molecule has 2 atom stereocenters. The van der Waals surface area contributed by atoms with Crippen LogP contribution in [-0.2, 0) is 14.3 Å². The van der Waals surface area contributed by atoms with Crippen LogP contribution >= 0.6 is 0 Å². The van der Waals surface area contributed by atoms with E-state index in [9.17, 15) is 9.59 Å². The average molecular weight is 281 g/mol. The Morgan fingerprint density at radius 3 is 2.70 bits per heavy atom. The highest BCUT2D eigenvalue weighted by Gasteiger charge is 2.27. The molecule has 0 bridgehead atoms. The molecule has 0 aromatic rings. The quantitative estimate of drug-likeness (QED) is 0.778. The fraction of sp³-hybridized carbons (Fsp3) is 0.875. The second-order valence-electron chi connectivity index (χ2n) is 6.17. The molecule has 0 saturated carbocycles. The number of ether oxygens (including phenoxy) is 1. The van der Waals surface area contributed by atoms with E-state index >= 15 is 0 Å². The van der Waals surface area contributed by atoms with Crippen molar-refractivity contribution in [1.82, 2.24) is 4.90 Å². The van der Waals surface area contributed by atoms with E-state index in [0.717, 1.165) is 51.7 Å². The molecule has 2 aliphatic heterocycles. The zero-order chi connectivity index (χ0) is 14.4. The Morgan fingerprint density at radius 2 is 2.00 bits per heavy atom. The van der Waals surface area contributed by atoms with Crippen LogP contribution in [-0.4, -0.2) is 41.9 Å². The van der Waals surface area contributed by atoms with Crippen LogP contribution in [0.15, 0.2) is 0 Å². The zero-order valence-electron chi connectivity index (χ0n) is 12.6. The first-order valence-electron chi connectivity index (χ1n) is 8.07. The molecule has 2 fully saturated rings. The second kappa shape index (κ2) is 7.77. The number of nitrogens with zero attached hydrogens (tertiary/aromatic N) is 1. The van der Waals surface area contributed by atoms with Gasteiger partial charge in [0.05, 0.1) is 6.10 Å². The van der Waals surface area contributed by atoms with E-state index in [1.807, 2.05) is 4.90 Å². The van der Waals surface area contributed by atoms with Gasteiger partial charge in [0.25, 0.3) is 0 Å². The number of amides is 1. The van der Waals surface area contributed by atoms with Gasteiger partial charge < -0.3 is 9.64 Å². The predicted molar refractivity (Wildman–Crippen MR) is 77.5 cm³/mol. The minimum atomic E-state index is 0.131. The minimum Gasteiger partial charge on any atom is -0.378 e. The molecule has 2 aliphatic rings. The van der Waals surface area contributed by atoms with E-state index in [4.69, 9.17) is 4.74 Å². The summed E-state index contributed by atoms with van der Waals surface area (Å²) in [7, 11) is 0. The molecule has 2 saturated heterocycles. The number of Topliss-reactive ketones (excluding diaryl/α,β-unsaturated/α-hetero) is 1. The topological polar surface area (TPSA) is 46.6 Å². The Kier molecular flexibility index (Phi) is 6.02. The van der Waals surface area contributed by atoms with Gasteiger partial charge in [-0.15, -0.1) is 0 Å². The lowest BCUT2D eigenvalue weighted by Crippen LogP contribution is -2.41. The molecule has 0 radical (unpaired) electrons. The van der Waals surface area contributed by atoms with E-state index < -0.39 is 0 Å². The molecular weight excluding hydrogens is 254 g/mol. The number of carbonyl (C=O) groups excluding carboxylic acids is 2. The summed E-state index contributed by atoms with van der Waals surface area (Å²) >= 11 is 0. The summed E-state index contributed by atoms with van der Waals surface area (Å²) in [6.07, 6.45) is 8.76. The molecule has 4 nitrogen and oxygen atoms in total. The van der Waals surface area contributed by atoms with Gasteiger partial charge in [0.2, 0.25) is 5.91 Å². The SMILES string of the molecule is CC(=O)CC1CCCCCN1C(=O)CCC1CCCO1. The Balaban J connectivity index is 1.87. The van der Waals surface area contributed by atoms with Crippen molar-refractivity contribution in [2.75, 3.05) is 13.2 Å². The number of hydrogen-bond donors (Lipinski definition) is 0. The minimum absolute atomic E-state index is 0.131. The average Bonchev–Trinajstić information content (AvgIpc) is 2.82. The fourth-order valence-corrected chi connectivity index (χ4v) is 3.35. The van der Waals surface area contributed by atoms with Crippen molar-refractivity contribution in [2.24, 2.45) is 0 Å². The number of carbonyl (C=O) groups is 2. The largest absolute Gasteiger partial charge is 0.378 e. The van der Waals surface area contributed by atoms with E-state index in [-0.39, 0.29) is 23.8 Å². The van der Waals surface area contributed by atoms with Gasteiger partial charge >= 0.3 is 0 Å². The highest BCUT2D eigenvalue weighted by molar-refractivity contribution is 5.79. The maximum Gasteiger partial charge on any atom is 0.222 e. The first-order chi connectivity index (χ1) is 9.66. The lowest BCUT2D eigenvalue weighted by Gasteiger charge is -2.30. The van der Waals surface area contributed by atoms with E-state index in [2.05, 4.69) is 0 Å². The first kappa shape index (κ1) is 15.5. The maximum absolute atomic E-state index is 12.5. The van der Waals surface area contributed by atoms with Crippen molar-refractivity contribution in [1.29, 1.82) is 0 Å². The van der Waals surface area contributed by atoms with Crippen molar-refractivity contribution in [3.05, 3.63) is 0 Å². The van der Waals surface area contributed by atoms with Crippen LogP contribution in [0, 0.1) is 0 Å². The number of ketones is 1. The summed E-state index contributed by atoms with van der Waals surface area (Å²) < 4.78 is 5.58. The Labute approximate surface area is 121 Å². The standard InChI is InChI=1S/C16H27NO3/c1-13(18)12-14-6-3-2-4-10-17(14)16(19)9-8-15-7-5-11-20-15/h14-15H,2-12H2,1H3. The van der Waals surface area contributed by atoms with Gasteiger partial charge in [-0.05, 0) is 39.0 Å². The normalized spacial score (nSPS) is 27.4. The van der Waals surface area contributed by atoms with Gasteiger partial charge in [-0.3, -0.25) is 9.59 Å². The van der Waals surface area contributed by atoms with Crippen LogP contribution in [0.2, 0.25) is 0 Å². The van der Waals surface area contributed by atoms with E-state index in [1.165, 1.54) is 6.42 Å².